The molecule has 104 valence electrons. The van der Waals surface area contributed by atoms with Gasteiger partial charge in [0.1, 0.15) is 5.75 Å². The number of anilines is 1. The number of rotatable bonds is 4. The molecular formula is C15H22N2O2. The van der Waals surface area contributed by atoms with Gasteiger partial charge in [0.05, 0.1) is 12.5 Å². The molecule has 0 radical (unpaired) electrons. The number of carbonyl (C=O) groups is 1. The Labute approximate surface area is 114 Å². The van der Waals surface area contributed by atoms with Gasteiger partial charge in [0, 0.05) is 12.2 Å². The van der Waals surface area contributed by atoms with Crippen molar-refractivity contribution in [1.82, 2.24) is 5.32 Å². The van der Waals surface area contributed by atoms with E-state index in [0.29, 0.717) is 6.61 Å². The number of benzene rings is 1. The molecule has 19 heavy (non-hydrogen) atoms. The molecule has 1 amide bonds. The molecular weight excluding hydrogens is 240 g/mol. The Morgan fingerprint density at radius 2 is 2.37 bits per heavy atom. The number of amides is 1. The lowest BCUT2D eigenvalue weighted by Gasteiger charge is -2.22. The molecule has 0 unspecified atom stereocenters. The van der Waals surface area contributed by atoms with E-state index in [2.05, 4.69) is 10.6 Å². The SMILES string of the molecule is CCOc1ccc(NC(=O)[C@H]2CCCNC2)c(C)c1. The predicted molar refractivity (Wildman–Crippen MR) is 76.6 cm³/mol. The summed E-state index contributed by atoms with van der Waals surface area (Å²) in [6.07, 6.45) is 2.04. The fourth-order valence-corrected chi connectivity index (χ4v) is 2.34. The van der Waals surface area contributed by atoms with Crippen LogP contribution in [0.5, 0.6) is 5.75 Å². The van der Waals surface area contributed by atoms with E-state index in [0.717, 1.165) is 42.9 Å². The molecule has 4 heteroatoms. The van der Waals surface area contributed by atoms with E-state index in [4.69, 9.17) is 4.74 Å². The summed E-state index contributed by atoms with van der Waals surface area (Å²) in [5.41, 5.74) is 1.90. The van der Waals surface area contributed by atoms with E-state index in [1.54, 1.807) is 0 Å². The highest BCUT2D eigenvalue weighted by atomic mass is 16.5. The summed E-state index contributed by atoms with van der Waals surface area (Å²) in [6, 6.07) is 5.76. The van der Waals surface area contributed by atoms with Crippen molar-refractivity contribution in [3.8, 4) is 5.75 Å². The highest BCUT2D eigenvalue weighted by Gasteiger charge is 2.21. The van der Waals surface area contributed by atoms with Gasteiger partial charge in [-0.15, -0.1) is 0 Å². The molecule has 0 bridgehead atoms. The minimum atomic E-state index is 0.0831. The standard InChI is InChI=1S/C15H22N2O2/c1-3-19-13-6-7-14(11(2)9-13)17-15(18)12-5-4-8-16-10-12/h6-7,9,12,16H,3-5,8,10H2,1-2H3,(H,17,18)/t12-/m0/s1. The van der Waals surface area contributed by atoms with Crippen LogP contribution in [0.4, 0.5) is 5.69 Å². The van der Waals surface area contributed by atoms with Crippen LogP contribution in [0.25, 0.3) is 0 Å². The number of hydrogen-bond donors (Lipinski definition) is 2. The average molecular weight is 262 g/mol. The lowest BCUT2D eigenvalue weighted by molar-refractivity contribution is -0.120. The third kappa shape index (κ3) is 3.70. The van der Waals surface area contributed by atoms with Crippen molar-refractivity contribution in [1.29, 1.82) is 0 Å². The number of nitrogens with one attached hydrogen (secondary N) is 2. The van der Waals surface area contributed by atoms with Crippen molar-refractivity contribution in [2.45, 2.75) is 26.7 Å². The van der Waals surface area contributed by atoms with Crippen LogP contribution in [-0.4, -0.2) is 25.6 Å². The van der Waals surface area contributed by atoms with Crippen LogP contribution in [0, 0.1) is 12.8 Å². The molecule has 2 rings (SSSR count). The molecule has 1 aliphatic rings. The number of hydrogen-bond acceptors (Lipinski definition) is 3. The zero-order valence-corrected chi connectivity index (χ0v) is 11.7. The first kappa shape index (κ1) is 13.9. The molecule has 0 aliphatic carbocycles. The molecule has 1 aliphatic heterocycles. The Morgan fingerprint density at radius 1 is 1.53 bits per heavy atom. The van der Waals surface area contributed by atoms with Gasteiger partial charge in [0.2, 0.25) is 5.91 Å². The van der Waals surface area contributed by atoms with Crippen LogP contribution in [0.15, 0.2) is 18.2 Å². The summed E-state index contributed by atoms with van der Waals surface area (Å²) in [7, 11) is 0. The first-order chi connectivity index (χ1) is 9.20. The number of aryl methyl sites for hydroxylation is 1. The minimum absolute atomic E-state index is 0.0831. The smallest absolute Gasteiger partial charge is 0.228 e. The largest absolute Gasteiger partial charge is 0.494 e. The summed E-state index contributed by atoms with van der Waals surface area (Å²) in [5, 5.41) is 6.28. The first-order valence-electron chi connectivity index (χ1n) is 6.95. The molecule has 1 aromatic carbocycles. The molecule has 1 aromatic rings. The van der Waals surface area contributed by atoms with Gasteiger partial charge in [-0.3, -0.25) is 4.79 Å². The third-order valence-electron chi connectivity index (χ3n) is 3.43. The maximum atomic E-state index is 12.1. The monoisotopic (exact) mass is 262 g/mol. The summed E-state index contributed by atoms with van der Waals surface area (Å²) in [5.74, 6) is 1.04. The van der Waals surface area contributed by atoms with Crippen LogP contribution < -0.4 is 15.4 Å². The second-order valence-corrected chi connectivity index (χ2v) is 4.94. The highest BCUT2D eigenvalue weighted by Crippen LogP contribution is 2.22. The molecule has 0 spiro atoms. The van der Waals surface area contributed by atoms with Crippen LogP contribution in [-0.2, 0) is 4.79 Å². The van der Waals surface area contributed by atoms with Crippen LogP contribution in [0.2, 0.25) is 0 Å². The van der Waals surface area contributed by atoms with Gasteiger partial charge in [-0.1, -0.05) is 0 Å². The Hall–Kier alpha value is -1.55. The summed E-state index contributed by atoms with van der Waals surface area (Å²) in [4.78, 5) is 12.1. The van der Waals surface area contributed by atoms with Gasteiger partial charge < -0.3 is 15.4 Å². The zero-order chi connectivity index (χ0) is 13.7. The van der Waals surface area contributed by atoms with E-state index in [-0.39, 0.29) is 11.8 Å². The summed E-state index contributed by atoms with van der Waals surface area (Å²) in [6.45, 7) is 6.39. The minimum Gasteiger partial charge on any atom is -0.494 e. The van der Waals surface area contributed by atoms with E-state index in [9.17, 15) is 4.79 Å². The van der Waals surface area contributed by atoms with Crippen molar-refractivity contribution in [3.63, 3.8) is 0 Å². The lowest BCUT2D eigenvalue weighted by atomic mass is 9.98. The molecule has 1 saturated heterocycles. The first-order valence-corrected chi connectivity index (χ1v) is 6.95. The van der Waals surface area contributed by atoms with Crippen molar-refractivity contribution < 1.29 is 9.53 Å². The summed E-state index contributed by atoms with van der Waals surface area (Å²) >= 11 is 0. The molecule has 1 fully saturated rings. The molecule has 4 nitrogen and oxygen atoms in total. The van der Waals surface area contributed by atoms with Gasteiger partial charge in [0.25, 0.3) is 0 Å². The second-order valence-electron chi connectivity index (χ2n) is 4.94. The topological polar surface area (TPSA) is 50.4 Å². The lowest BCUT2D eigenvalue weighted by Crippen LogP contribution is -2.37. The third-order valence-corrected chi connectivity index (χ3v) is 3.43. The van der Waals surface area contributed by atoms with Crippen molar-refractivity contribution in [3.05, 3.63) is 23.8 Å². The second kappa shape index (κ2) is 6.57. The normalized spacial score (nSPS) is 18.9. The number of ether oxygens (including phenoxy) is 1. The van der Waals surface area contributed by atoms with E-state index in [1.165, 1.54) is 0 Å². The molecule has 0 aromatic heterocycles. The molecule has 0 saturated carbocycles. The Kier molecular flexibility index (Phi) is 4.80. The predicted octanol–water partition coefficient (Wildman–Crippen LogP) is 2.33. The van der Waals surface area contributed by atoms with Gasteiger partial charge >= 0.3 is 0 Å². The zero-order valence-electron chi connectivity index (χ0n) is 11.7. The van der Waals surface area contributed by atoms with E-state index < -0.39 is 0 Å². The maximum absolute atomic E-state index is 12.1. The number of piperidine rings is 1. The van der Waals surface area contributed by atoms with Gasteiger partial charge in [0.15, 0.2) is 0 Å². The fraction of sp³-hybridized carbons (Fsp3) is 0.533. The Balaban J connectivity index is 2.00. The van der Waals surface area contributed by atoms with Gasteiger partial charge in [-0.25, -0.2) is 0 Å². The quantitative estimate of drug-likeness (QED) is 0.875. The number of carbonyl (C=O) groups excluding carboxylic acids is 1. The molecule has 2 N–H and O–H groups in total. The molecule has 1 atom stereocenters. The Morgan fingerprint density at radius 3 is 3.00 bits per heavy atom. The molecule has 1 heterocycles. The van der Waals surface area contributed by atoms with Gasteiger partial charge in [-0.05, 0) is 57.0 Å². The van der Waals surface area contributed by atoms with Crippen LogP contribution in [0.1, 0.15) is 25.3 Å². The average Bonchev–Trinajstić information content (AvgIpc) is 2.43. The van der Waals surface area contributed by atoms with Crippen LogP contribution >= 0.6 is 0 Å². The summed E-state index contributed by atoms with van der Waals surface area (Å²) < 4.78 is 5.44. The van der Waals surface area contributed by atoms with E-state index >= 15 is 0 Å². The Bertz CT molecular complexity index is 440. The van der Waals surface area contributed by atoms with Crippen LogP contribution in [0.3, 0.4) is 0 Å². The van der Waals surface area contributed by atoms with E-state index in [1.807, 2.05) is 32.0 Å². The van der Waals surface area contributed by atoms with Gasteiger partial charge in [-0.2, -0.15) is 0 Å². The highest BCUT2D eigenvalue weighted by molar-refractivity contribution is 5.93. The van der Waals surface area contributed by atoms with Crippen molar-refractivity contribution in [2.75, 3.05) is 25.0 Å². The van der Waals surface area contributed by atoms with Crippen molar-refractivity contribution in [2.24, 2.45) is 5.92 Å². The maximum Gasteiger partial charge on any atom is 0.228 e. The van der Waals surface area contributed by atoms with Crippen molar-refractivity contribution >= 4 is 11.6 Å². The fourth-order valence-electron chi connectivity index (χ4n) is 2.34.